The van der Waals surface area contributed by atoms with Gasteiger partial charge < -0.3 is 9.72 Å². The zero-order valence-corrected chi connectivity index (χ0v) is 11.1. The van der Waals surface area contributed by atoms with Gasteiger partial charge in [-0.05, 0) is 25.1 Å². The molecule has 0 saturated carbocycles. The Balaban J connectivity index is 0.000000257. The number of hydrogen-bond donors (Lipinski definition) is 1. The van der Waals surface area contributed by atoms with E-state index in [4.69, 9.17) is 0 Å². The topological polar surface area (TPSA) is 67.9 Å². The number of H-pyrrole nitrogens is 1. The van der Waals surface area contributed by atoms with E-state index in [0.717, 1.165) is 16.8 Å². The van der Waals surface area contributed by atoms with Crippen molar-refractivity contribution < 1.29 is 9.53 Å². The van der Waals surface area contributed by atoms with E-state index in [1.807, 2.05) is 12.3 Å². The van der Waals surface area contributed by atoms with Crippen molar-refractivity contribution >= 4 is 17.4 Å². The second-order valence-corrected chi connectivity index (χ2v) is 3.92. The third-order valence-electron chi connectivity index (χ3n) is 2.65. The summed E-state index contributed by atoms with van der Waals surface area (Å²) >= 11 is 0. The molecule has 0 unspecified atom stereocenters. The largest absolute Gasteiger partial charge is 0.468 e. The summed E-state index contributed by atoms with van der Waals surface area (Å²) in [6.07, 6.45) is 7.09. The van der Waals surface area contributed by atoms with Crippen LogP contribution in [0.1, 0.15) is 6.92 Å². The molecule has 102 valence electrons. The van der Waals surface area contributed by atoms with Crippen LogP contribution in [0.15, 0.2) is 49.1 Å². The molecule has 0 bridgehead atoms. The molecule has 0 fully saturated rings. The van der Waals surface area contributed by atoms with Crippen molar-refractivity contribution in [2.75, 3.05) is 6.61 Å². The van der Waals surface area contributed by atoms with Crippen LogP contribution in [0, 0.1) is 0 Å². The van der Waals surface area contributed by atoms with E-state index >= 15 is 0 Å². The average Bonchev–Trinajstić information content (AvgIpc) is 2.97. The van der Waals surface area contributed by atoms with Gasteiger partial charge >= 0.3 is 0 Å². The highest BCUT2D eigenvalue weighted by molar-refractivity contribution is 5.84. The molecule has 1 N–H and O–H groups in total. The number of nitrogens with one attached hydrogen (secondary N) is 1. The maximum Gasteiger partial charge on any atom is 0.293 e. The van der Waals surface area contributed by atoms with Crippen LogP contribution in [-0.4, -0.2) is 28.0 Å². The predicted molar refractivity (Wildman–Crippen MR) is 77.0 cm³/mol. The Bertz CT molecular complexity index is 665. The van der Waals surface area contributed by atoms with Gasteiger partial charge in [0.15, 0.2) is 0 Å². The summed E-state index contributed by atoms with van der Waals surface area (Å²) in [7, 11) is 0. The molecule has 2 aromatic heterocycles. The Kier molecular flexibility index (Phi) is 4.83. The van der Waals surface area contributed by atoms with Crippen LogP contribution >= 0.6 is 0 Å². The molecule has 0 aliphatic heterocycles. The van der Waals surface area contributed by atoms with Crippen molar-refractivity contribution in [1.29, 1.82) is 0 Å². The molecule has 5 nitrogen and oxygen atoms in total. The number of benzene rings is 1. The van der Waals surface area contributed by atoms with E-state index in [1.165, 1.54) is 5.39 Å². The molecule has 0 spiro atoms. The minimum Gasteiger partial charge on any atom is -0.468 e. The lowest BCUT2D eigenvalue weighted by molar-refractivity contribution is -0.128. The number of carbonyl (C=O) groups excluding carboxylic acids is 1. The lowest BCUT2D eigenvalue weighted by Gasteiger charge is -1.99. The number of fused-ring (bicyclic) bond motifs is 1. The molecule has 3 rings (SSSR count). The zero-order chi connectivity index (χ0) is 14.2. The standard InChI is InChI=1S/C12H9N3.C3H6O2/c1-2-11-10(3-4-14-11)7-9(1)12-8-13-5-6-15-12;1-2-5-3-4/h1-8,14H;3H,2H2,1H3. The zero-order valence-electron chi connectivity index (χ0n) is 11.1. The fourth-order valence-electron chi connectivity index (χ4n) is 1.73. The van der Waals surface area contributed by atoms with Gasteiger partial charge in [0.05, 0.1) is 18.5 Å². The summed E-state index contributed by atoms with van der Waals surface area (Å²) in [4.78, 5) is 20.7. The molecule has 2 heterocycles. The molecule has 5 heteroatoms. The molecular weight excluding hydrogens is 254 g/mol. The highest BCUT2D eigenvalue weighted by Gasteiger charge is 2.00. The minimum atomic E-state index is 0.431. The van der Waals surface area contributed by atoms with Gasteiger partial charge in [0.2, 0.25) is 0 Å². The Labute approximate surface area is 116 Å². The number of carbonyl (C=O) groups is 1. The van der Waals surface area contributed by atoms with Crippen LogP contribution in [0.2, 0.25) is 0 Å². The number of nitrogens with zero attached hydrogens (tertiary/aromatic N) is 2. The summed E-state index contributed by atoms with van der Waals surface area (Å²) in [6.45, 7) is 2.66. The van der Waals surface area contributed by atoms with Crippen molar-refractivity contribution in [2.24, 2.45) is 0 Å². The summed E-state index contributed by atoms with van der Waals surface area (Å²) in [5.41, 5.74) is 3.14. The van der Waals surface area contributed by atoms with Gasteiger partial charge in [0.25, 0.3) is 6.47 Å². The Morgan fingerprint density at radius 2 is 2.20 bits per heavy atom. The van der Waals surface area contributed by atoms with Gasteiger partial charge in [-0.1, -0.05) is 6.07 Å². The van der Waals surface area contributed by atoms with Crippen molar-refractivity contribution in [2.45, 2.75) is 6.92 Å². The van der Waals surface area contributed by atoms with Crippen LogP contribution in [-0.2, 0) is 9.53 Å². The van der Waals surface area contributed by atoms with E-state index in [-0.39, 0.29) is 0 Å². The third kappa shape index (κ3) is 3.41. The molecule has 0 radical (unpaired) electrons. The molecule has 3 aromatic rings. The first-order valence-electron chi connectivity index (χ1n) is 6.24. The van der Waals surface area contributed by atoms with Gasteiger partial charge in [0, 0.05) is 35.1 Å². The van der Waals surface area contributed by atoms with Gasteiger partial charge in [-0.15, -0.1) is 0 Å². The minimum absolute atomic E-state index is 0.431. The maximum atomic E-state index is 9.18. The van der Waals surface area contributed by atoms with Gasteiger partial charge in [-0.2, -0.15) is 0 Å². The van der Waals surface area contributed by atoms with E-state index < -0.39 is 0 Å². The van der Waals surface area contributed by atoms with E-state index in [2.05, 4.69) is 37.9 Å². The van der Waals surface area contributed by atoms with Crippen molar-refractivity contribution in [1.82, 2.24) is 15.0 Å². The first-order valence-corrected chi connectivity index (χ1v) is 6.24. The number of aromatic nitrogens is 3. The Morgan fingerprint density at radius 3 is 2.85 bits per heavy atom. The first kappa shape index (κ1) is 13.7. The lowest BCUT2D eigenvalue weighted by Crippen LogP contribution is -1.83. The fraction of sp³-hybridized carbons (Fsp3) is 0.133. The molecule has 0 amide bonds. The summed E-state index contributed by atoms with van der Waals surface area (Å²) in [5, 5.41) is 1.19. The summed E-state index contributed by atoms with van der Waals surface area (Å²) < 4.78 is 4.15. The second kappa shape index (κ2) is 7.04. The van der Waals surface area contributed by atoms with E-state index in [1.54, 1.807) is 25.5 Å². The van der Waals surface area contributed by atoms with Crippen LogP contribution in [0.25, 0.3) is 22.2 Å². The second-order valence-electron chi connectivity index (χ2n) is 3.92. The van der Waals surface area contributed by atoms with E-state index in [0.29, 0.717) is 13.1 Å². The van der Waals surface area contributed by atoms with Gasteiger partial charge in [-0.3, -0.25) is 14.8 Å². The smallest absolute Gasteiger partial charge is 0.293 e. The lowest BCUT2D eigenvalue weighted by atomic mass is 10.1. The number of ether oxygens (including phenoxy) is 1. The molecule has 1 aromatic carbocycles. The number of hydrogen-bond acceptors (Lipinski definition) is 4. The quantitative estimate of drug-likeness (QED) is 0.742. The molecule has 0 aliphatic rings. The van der Waals surface area contributed by atoms with Crippen LogP contribution in [0.4, 0.5) is 0 Å². The van der Waals surface area contributed by atoms with Crippen LogP contribution < -0.4 is 0 Å². The van der Waals surface area contributed by atoms with Gasteiger partial charge in [-0.25, -0.2) is 0 Å². The fourth-order valence-corrected chi connectivity index (χ4v) is 1.73. The molecule has 0 saturated heterocycles. The molecular formula is C15H15N3O2. The number of rotatable bonds is 3. The predicted octanol–water partition coefficient (Wildman–Crippen LogP) is 2.80. The normalized spacial score (nSPS) is 9.65. The average molecular weight is 269 g/mol. The highest BCUT2D eigenvalue weighted by atomic mass is 16.5. The monoisotopic (exact) mass is 269 g/mol. The highest BCUT2D eigenvalue weighted by Crippen LogP contribution is 2.21. The van der Waals surface area contributed by atoms with Crippen molar-refractivity contribution in [3.63, 3.8) is 0 Å². The molecule has 20 heavy (non-hydrogen) atoms. The summed E-state index contributed by atoms with van der Waals surface area (Å²) in [5.74, 6) is 0. The van der Waals surface area contributed by atoms with Crippen LogP contribution in [0.3, 0.4) is 0 Å². The van der Waals surface area contributed by atoms with E-state index in [9.17, 15) is 4.79 Å². The molecule has 0 atom stereocenters. The van der Waals surface area contributed by atoms with Crippen molar-refractivity contribution in [3.8, 4) is 11.3 Å². The number of aromatic amines is 1. The van der Waals surface area contributed by atoms with Gasteiger partial charge in [0.1, 0.15) is 0 Å². The van der Waals surface area contributed by atoms with Crippen LogP contribution in [0.5, 0.6) is 0 Å². The SMILES string of the molecule is CCOC=O.c1cnc(-c2ccc3[nH]ccc3c2)cn1. The molecule has 0 aliphatic carbocycles. The maximum absolute atomic E-state index is 9.18. The van der Waals surface area contributed by atoms with Crippen molar-refractivity contribution in [3.05, 3.63) is 49.1 Å². The Hall–Kier alpha value is -2.69. The Morgan fingerprint density at radius 1 is 1.30 bits per heavy atom. The summed E-state index contributed by atoms with van der Waals surface area (Å²) in [6, 6.07) is 8.26. The third-order valence-corrected chi connectivity index (χ3v) is 2.65. The first-order chi connectivity index (χ1) is 9.85.